The Labute approximate surface area is 75.5 Å². The zero-order valence-corrected chi connectivity index (χ0v) is 6.88. The van der Waals surface area contributed by atoms with Crippen LogP contribution in [0, 0.1) is 0 Å². The van der Waals surface area contributed by atoms with E-state index in [-0.39, 0.29) is 0 Å². The number of hydrogen-bond acceptors (Lipinski definition) is 2. The van der Waals surface area contributed by atoms with Crippen LogP contribution in [0.4, 0.5) is 5.69 Å². The van der Waals surface area contributed by atoms with Crippen molar-refractivity contribution in [1.82, 2.24) is 0 Å². The minimum absolute atomic E-state index is 0.398. The fraction of sp³-hybridized carbons (Fsp3) is 0. The summed E-state index contributed by atoms with van der Waals surface area (Å²) in [7, 11) is 0. The number of amidine groups is 1. The summed E-state index contributed by atoms with van der Waals surface area (Å²) in [5, 5.41) is 0. The van der Waals surface area contributed by atoms with Gasteiger partial charge in [0.1, 0.15) is 5.84 Å². The van der Waals surface area contributed by atoms with Crippen LogP contribution in [0.2, 0.25) is 0 Å². The van der Waals surface area contributed by atoms with Crippen molar-refractivity contribution in [3.8, 4) is 0 Å². The molecule has 0 aliphatic carbocycles. The van der Waals surface area contributed by atoms with Crippen molar-refractivity contribution >= 4 is 23.7 Å². The molecule has 0 saturated carbocycles. The first-order chi connectivity index (χ1) is 6.34. The Morgan fingerprint density at radius 3 is 2.54 bits per heavy atom. The predicted octanol–water partition coefficient (Wildman–Crippen LogP) is 1.12. The largest absolute Gasteiger partial charge is 0.382 e. The van der Waals surface area contributed by atoms with Crippen LogP contribution < -0.4 is 5.73 Å². The van der Waals surface area contributed by atoms with Crippen molar-refractivity contribution in [2.75, 3.05) is 0 Å². The zero-order valence-electron chi connectivity index (χ0n) is 6.88. The molecule has 4 nitrogen and oxygen atoms in total. The van der Waals surface area contributed by atoms with E-state index in [2.05, 4.69) is 15.0 Å². The summed E-state index contributed by atoms with van der Waals surface area (Å²) in [5.74, 6) is 0.804. The van der Waals surface area contributed by atoms with Crippen LogP contribution in [0.25, 0.3) is 0 Å². The Balaban J connectivity index is 2.28. The molecule has 0 unspecified atom stereocenters. The number of benzene rings is 1. The Morgan fingerprint density at radius 1 is 1.15 bits per heavy atom. The van der Waals surface area contributed by atoms with Crippen LogP contribution in [-0.2, 0) is 0 Å². The standard InChI is InChI=1S/C9H8N4/c10-8-6-11-9(13-8)12-7-4-2-1-3-5-7/h1-6H,(H2,10,12,13). The molecule has 1 aromatic rings. The highest BCUT2D eigenvalue weighted by Gasteiger charge is 2.01. The topological polar surface area (TPSA) is 63.1 Å². The molecular weight excluding hydrogens is 164 g/mol. The van der Waals surface area contributed by atoms with Crippen LogP contribution in [0.1, 0.15) is 0 Å². The second-order valence-electron chi connectivity index (χ2n) is 2.54. The summed E-state index contributed by atoms with van der Waals surface area (Å²) in [6, 6.07) is 9.51. The van der Waals surface area contributed by atoms with Gasteiger partial charge in [-0.05, 0) is 12.1 Å². The number of nitrogens with two attached hydrogens (primary N) is 1. The summed E-state index contributed by atoms with van der Waals surface area (Å²) in [6.07, 6.45) is 1.49. The molecule has 0 radical (unpaired) electrons. The van der Waals surface area contributed by atoms with Crippen LogP contribution in [-0.4, -0.2) is 18.0 Å². The van der Waals surface area contributed by atoms with Crippen LogP contribution in [0.3, 0.4) is 0 Å². The summed E-state index contributed by atoms with van der Waals surface area (Å²) < 4.78 is 0. The summed E-state index contributed by atoms with van der Waals surface area (Å²) in [6.45, 7) is 0. The first kappa shape index (κ1) is 7.67. The van der Waals surface area contributed by atoms with E-state index in [1.165, 1.54) is 6.21 Å². The molecule has 0 saturated heterocycles. The van der Waals surface area contributed by atoms with Gasteiger partial charge in [-0.3, -0.25) is 0 Å². The molecule has 0 spiro atoms. The van der Waals surface area contributed by atoms with Crippen molar-refractivity contribution in [1.29, 1.82) is 0 Å². The first-order valence-electron chi connectivity index (χ1n) is 3.86. The van der Waals surface area contributed by atoms with Gasteiger partial charge in [0.2, 0.25) is 0 Å². The fourth-order valence-corrected chi connectivity index (χ4v) is 0.969. The van der Waals surface area contributed by atoms with Gasteiger partial charge in [-0.15, -0.1) is 0 Å². The van der Waals surface area contributed by atoms with E-state index in [0.29, 0.717) is 11.8 Å². The maximum absolute atomic E-state index is 5.40. The average Bonchev–Trinajstić information content (AvgIpc) is 2.53. The van der Waals surface area contributed by atoms with Crippen LogP contribution >= 0.6 is 0 Å². The minimum atomic E-state index is 0.398. The maximum atomic E-state index is 5.40. The molecule has 1 aliphatic heterocycles. The van der Waals surface area contributed by atoms with Gasteiger partial charge in [0.15, 0.2) is 0 Å². The molecule has 1 heterocycles. The Morgan fingerprint density at radius 2 is 1.92 bits per heavy atom. The predicted molar refractivity (Wildman–Crippen MR) is 53.7 cm³/mol. The molecule has 13 heavy (non-hydrogen) atoms. The Bertz CT molecular complexity index is 389. The van der Waals surface area contributed by atoms with Gasteiger partial charge < -0.3 is 5.73 Å². The molecule has 2 N–H and O–H groups in total. The van der Waals surface area contributed by atoms with E-state index in [1.54, 1.807) is 0 Å². The molecule has 64 valence electrons. The quantitative estimate of drug-likeness (QED) is 0.677. The number of para-hydroxylation sites is 1. The molecular formula is C9H8N4. The highest BCUT2D eigenvalue weighted by atomic mass is 15.1. The van der Waals surface area contributed by atoms with Gasteiger partial charge in [-0.1, -0.05) is 18.2 Å². The summed E-state index contributed by atoms with van der Waals surface area (Å²) >= 11 is 0. The average molecular weight is 172 g/mol. The van der Waals surface area contributed by atoms with Crippen LogP contribution in [0.5, 0.6) is 0 Å². The molecule has 2 rings (SSSR count). The van der Waals surface area contributed by atoms with E-state index in [9.17, 15) is 0 Å². The number of rotatable bonds is 1. The van der Waals surface area contributed by atoms with E-state index < -0.39 is 0 Å². The molecule has 0 amide bonds. The van der Waals surface area contributed by atoms with Crippen molar-refractivity contribution < 1.29 is 0 Å². The minimum Gasteiger partial charge on any atom is -0.382 e. The van der Waals surface area contributed by atoms with E-state index >= 15 is 0 Å². The third-order valence-corrected chi connectivity index (χ3v) is 1.53. The lowest BCUT2D eigenvalue weighted by Crippen LogP contribution is -2.09. The Hall–Kier alpha value is -1.97. The molecule has 4 heteroatoms. The number of aliphatic imine (C=N–C) groups is 3. The molecule has 1 aromatic carbocycles. The fourth-order valence-electron chi connectivity index (χ4n) is 0.969. The lowest BCUT2D eigenvalue weighted by molar-refractivity contribution is 1.43. The Kier molecular flexibility index (Phi) is 1.88. The number of guanidine groups is 1. The monoisotopic (exact) mass is 172 g/mol. The highest BCUT2D eigenvalue weighted by molar-refractivity contribution is 6.36. The third-order valence-electron chi connectivity index (χ3n) is 1.53. The van der Waals surface area contributed by atoms with Gasteiger partial charge >= 0.3 is 0 Å². The third kappa shape index (κ3) is 1.79. The van der Waals surface area contributed by atoms with E-state index in [1.807, 2.05) is 30.3 Å². The molecule has 0 atom stereocenters. The van der Waals surface area contributed by atoms with Crippen LogP contribution in [0.15, 0.2) is 45.3 Å². The van der Waals surface area contributed by atoms with E-state index in [0.717, 1.165) is 5.69 Å². The second kappa shape index (κ2) is 3.18. The number of hydrogen-bond donors (Lipinski definition) is 1. The SMILES string of the molecule is NC1=NC(=Nc2ccccc2)N=C1. The summed E-state index contributed by atoms with van der Waals surface area (Å²) in [5.41, 5.74) is 6.23. The van der Waals surface area contributed by atoms with Crippen molar-refractivity contribution in [2.45, 2.75) is 0 Å². The van der Waals surface area contributed by atoms with Gasteiger partial charge in [0.05, 0.1) is 11.9 Å². The normalized spacial score (nSPS) is 17.8. The smallest absolute Gasteiger partial charge is 0.251 e. The van der Waals surface area contributed by atoms with Gasteiger partial charge in [0.25, 0.3) is 5.96 Å². The number of nitrogens with zero attached hydrogens (tertiary/aromatic N) is 3. The van der Waals surface area contributed by atoms with Gasteiger partial charge in [0, 0.05) is 0 Å². The molecule has 0 bridgehead atoms. The van der Waals surface area contributed by atoms with Crippen molar-refractivity contribution in [3.05, 3.63) is 30.3 Å². The lowest BCUT2D eigenvalue weighted by atomic mass is 10.3. The highest BCUT2D eigenvalue weighted by Crippen LogP contribution is 2.11. The molecule has 1 aliphatic rings. The molecule has 0 aromatic heterocycles. The van der Waals surface area contributed by atoms with Crippen molar-refractivity contribution in [3.63, 3.8) is 0 Å². The lowest BCUT2D eigenvalue weighted by Gasteiger charge is -1.90. The van der Waals surface area contributed by atoms with E-state index in [4.69, 9.17) is 5.73 Å². The van der Waals surface area contributed by atoms with Crippen molar-refractivity contribution in [2.24, 2.45) is 20.7 Å². The maximum Gasteiger partial charge on any atom is 0.251 e. The zero-order chi connectivity index (χ0) is 9.10. The second-order valence-corrected chi connectivity index (χ2v) is 2.54. The molecule has 0 fully saturated rings. The first-order valence-corrected chi connectivity index (χ1v) is 3.86. The van der Waals surface area contributed by atoms with Gasteiger partial charge in [-0.25, -0.2) is 9.98 Å². The summed E-state index contributed by atoms with van der Waals surface area (Å²) in [4.78, 5) is 12.0. The van der Waals surface area contributed by atoms with Gasteiger partial charge in [-0.2, -0.15) is 4.99 Å².